The highest BCUT2D eigenvalue weighted by atomic mass is 32.1. The summed E-state index contributed by atoms with van der Waals surface area (Å²) in [6.45, 7) is 10.7. The van der Waals surface area contributed by atoms with Crippen LogP contribution in [-0.2, 0) is 11.2 Å². The van der Waals surface area contributed by atoms with Gasteiger partial charge in [-0.1, -0.05) is 0 Å². The van der Waals surface area contributed by atoms with Crippen molar-refractivity contribution in [3.63, 3.8) is 0 Å². The Hall–Kier alpha value is -1.83. The summed E-state index contributed by atoms with van der Waals surface area (Å²) >= 11 is 1.67. The molecule has 134 valence electrons. The second-order valence-corrected chi connectivity index (χ2v) is 6.58. The average Bonchev–Trinajstić information content (AvgIpc) is 3.00. The predicted octanol–water partition coefficient (Wildman–Crippen LogP) is 1.73. The molecule has 0 saturated carbocycles. The summed E-state index contributed by atoms with van der Waals surface area (Å²) < 4.78 is 5.06. The Morgan fingerprint density at radius 2 is 2.04 bits per heavy atom. The Labute approximate surface area is 147 Å². The normalized spacial score (nSPS) is 15.5. The minimum atomic E-state index is -0.224. The minimum Gasteiger partial charge on any atom is -0.450 e. The lowest BCUT2D eigenvalue weighted by atomic mass is 10.3. The highest BCUT2D eigenvalue weighted by Gasteiger charge is 2.23. The van der Waals surface area contributed by atoms with Gasteiger partial charge in [0.2, 0.25) is 0 Å². The Morgan fingerprint density at radius 3 is 2.62 bits per heavy atom. The molecule has 2 heterocycles. The van der Waals surface area contributed by atoms with Gasteiger partial charge in [0, 0.05) is 51.1 Å². The number of hydrogen-bond donors (Lipinski definition) is 1. The maximum absolute atomic E-state index is 11.8. The van der Waals surface area contributed by atoms with Crippen molar-refractivity contribution in [2.24, 2.45) is 4.99 Å². The SMILES string of the molecule is CCNC(=NCCc1csc(C)n1)N1CCN(C(=O)OCC)CC1. The maximum Gasteiger partial charge on any atom is 0.409 e. The van der Waals surface area contributed by atoms with Crippen molar-refractivity contribution >= 4 is 23.4 Å². The van der Waals surface area contributed by atoms with Gasteiger partial charge >= 0.3 is 6.09 Å². The van der Waals surface area contributed by atoms with E-state index < -0.39 is 0 Å². The van der Waals surface area contributed by atoms with Crippen LogP contribution in [0.4, 0.5) is 4.79 Å². The summed E-state index contributed by atoms with van der Waals surface area (Å²) in [5, 5.41) is 6.52. The first-order chi connectivity index (χ1) is 11.6. The summed E-state index contributed by atoms with van der Waals surface area (Å²) in [5.41, 5.74) is 1.10. The molecule has 0 atom stereocenters. The van der Waals surface area contributed by atoms with Gasteiger partial charge in [-0.25, -0.2) is 9.78 Å². The van der Waals surface area contributed by atoms with Gasteiger partial charge in [-0.3, -0.25) is 4.99 Å². The smallest absolute Gasteiger partial charge is 0.409 e. The molecular formula is C16H27N5O2S. The molecule has 1 amide bonds. The first-order valence-electron chi connectivity index (χ1n) is 8.50. The number of thiazole rings is 1. The quantitative estimate of drug-likeness (QED) is 0.645. The fraction of sp³-hybridized carbons (Fsp3) is 0.688. The lowest BCUT2D eigenvalue weighted by Gasteiger charge is -2.35. The van der Waals surface area contributed by atoms with Crippen LogP contribution >= 0.6 is 11.3 Å². The van der Waals surface area contributed by atoms with E-state index in [1.54, 1.807) is 16.2 Å². The van der Waals surface area contributed by atoms with Crippen LogP contribution in [0.5, 0.6) is 0 Å². The number of carbonyl (C=O) groups is 1. The second-order valence-electron chi connectivity index (χ2n) is 5.52. The highest BCUT2D eigenvalue weighted by molar-refractivity contribution is 7.09. The van der Waals surface area contributed by atoms with Gasteiger partial charge < -0.3 is 19.9 Å². The number of hydrogen-bond acceptors (Lipinski definition) is 5. The molecule has 0 spiro atoms. The molecule has 1 N–H and O–H groups in total. The number of guanidine groups is 1. The van der Waals surface area contributed by atoms with Gasteiger partial charge in [-0.15, -0.1) is 11.3 Å². The summed E-state index contributed by atoms with van der Waals surface area (Å²) in [7, 11) is 0. The standard InChI is InChI=1S/C16H27N5O2S/c1-4-17-15(18-7-6-14-12-24-13(3)19-14)20-8-10-21(11-9-20)16(22)23-5-2/h12H,4-11H2,1-3H3,(H,17,18). The zero-order valence-corrected chi connectivity index (χ0v) is 15.6. The van der Waals surface area contributed by atoms with Crippen molar-refractivity contribution in [2.45, 2.75) is 27.2 Å². The van der Waals surface area contributed by atoms with E-state index in [1.165, 1.54) is 0 Å². The number of nitrogens with one attached hydrogen (secondary N) is 1. The number of nitrogens with zero attached hydrogens (tertiary/aromatic N) is 4. The van der Waals surface area contributed by atoms with E-state index in [0.717, 1.165) is 42.7 Å². The van der Waals surface area contributed by atoms with Gasteiger partial charge in [-0.2, -0.15) is 0 Å². The molecule has 0 aromatic carbocycles. The molecule has 1 aromatic rings. The molecule has 0 aliphatic carbocycles. The van der Waals surface area contributed by atoms with E-state index >= 15 is 0 Å². The van der Waals surface area contributed by atoms with E-state index in [0.29, 0.717) is 26.2 Å². The van der Waals surface area contributed by atoms with Gasteiger partial charge in [0.25, 0.3) is 0 Å². The van der Waals surface area contributed by atoms with Crippen molar-refractivity contribution in [3.05, 3.63) is 16.1 Å². The fourth-order valence-corrected chi connectivity index (χ4v) is 3.19. The average molecular weight is 353 g/mol. The number of piperazine rings is 1. The monoisotopic (exact) mass is 353 g/mol. The predicted molar refractivity (Wildman–Crippen MR) is 96.7 cm³/mol. The van der Waals surface area contributed by atoms with E-state index in [1.807, 2.05) is 13.8 Å². The molecule has 1 aliphatic rings. The van der Waals surface area contributed by atoms with E-state index in [4.69, 9.17) is 9.73 Å². The molecule has 8 heteroatoms. The van der Waals surface area contributed by atoms with Crippen molar-refractivity contribution in [1.29, 1.82) is 0 Å². The number of carbonyl (C=O) groups excluding carboxylic acids is 1. The molecule has 0 bridgehead atoms. The topological polar surface area (TPSA) is 70.1 Å². The molecular weight excluding hydrogens is 326 g/mol. The van der Waals surface area contributed by atoms with Gasteiger partial charge in [0.15, 0.2) is 5.96 Å². The molecule has 0 radical (unpaired) electrons. The Morgan fingerprint density at radius 1 is 1.33 bits per heavy atom. The maximum atomic E-state index is 11.8. The van der Waals surface area contributed by atoms with Crippen LogP contribution < -0.4 is 5.32 Å². The largest absolute Gasteiger partial charge is 0.450 e. The van der Waals surface area contributed by atoms with Crippen LogP contribution in [0.3, 0.4) is 0 Å². The van der Waals surface area contributed by atoms with Crippen molar-refractivity contribution in [2.75, 3.05) is 45.9 Å². The molecule has 2 rings (SSSR count). The molecule has 1 saturated heterocycles. The first-order valence-corrected chi connectivity index (χ1v) is 9.38. The van der Waals surface area contributed by atoms with Crippen LogP contribution in [-0.4, -0.2) is 72.7 Å². The zero-order valence-electron chi connectivity index (χ0n) is 14.7. The Bertz CT molecular complexity index is 552. The number of amides is 1. The van der Waals surface area contributed by atoms with E-state index in [-0.39, 0.29) is 6.09 Å². The lowest BCUT2D eigenvalue weighted by Crippen LogP contribution is -2.54. The fourth-order valence-electron chi connectivity index (χ4n) is 2.54. The molecule has 1 fully saturated rings. The molecule has 1 aliphatic heterocycles. The third kappa shape index (κ3) is 5.36. The van der Waals surface area contributed by atoms with Gasteiger partial charge in [-0.05, 0) is 20.8 Å². The third-order valence-corrected chi connectivity index (χ3v) is 4.56. The van der Waals surface area contributed by atoms with E-state index in [9.17, 15) is 4.79 Å². The summed E-state index contributed by atoms with van der Waals surface area (Å²) in [6.07, 6.45) is 0.625. The minimum absolute atomic E-state index is 0.224. The summed E-state index contributed by atoms with van der Waals surface area (Å²) in [4.78, 5) is 24.9. The van der Waals surface area contributed by atoms with Crippen molar-refractivity contribution < 1.29 is 9.53 Å². The van der Waals surface area contributed by atoms with Crippen molar-refractivity contribution in [3.8, 4) is 0 Å². The number of aromatic nitrogens is 1. The van der Waals surface area contributed by atoms with Gasteiger partial charge in [0.1, 0.15) is 0 Å². The number of ether oxygens (including phenoxy) is 1. The summed E-state index contributed by atoms with van der Waals surface area (Å²) in [6, 6.07) is 0. The highest BCUT2D eigenvalue weighted by Crippen LogP contribution is 2.09. The number of aliphatic imine (C=N–C) groups is 1. The van der Waals surface area contributed by atoms with Crippen LogP contribution in [0.25, 0.3) is 0 Å². The van der Waals surface area contributed by atoms with Crippen LogP contribution in [0, 0.1) is 6.92 Å². The van der Waals surface area contributed by atoms with Crippen LogP contribution in [0.1, 0.15) is 24.5 Å². The van der Waals surface area contributed by atoms with Crippen molar-refractivity contribution in [1.82, 2.24) is 20.1 Å². The number of aryl methyl sites for hydroxylation is 1. The summed E-state index contributed by atoms with van der Waals surface area (Å²) in [5.74, 6) is 0.910. The third-order valence-electron chi connectivity index (χ3n) is 3.74. The van der Waals surface area contributed by atoms with Crippen LogP contribution in [0.2, 0.25) is 0 Å². The lowest BCUT2D eigenvalue weighted by molar-refractivity contribution is 0.0914. The first kappa shape index (κ1) is 18.5. The molecule has 24 heavy (non-hydrogen) atoms. The Kier molecular flexibility index (Phi) is 7.30. The van der Waals surface area contributed by atoms with E-state index in [2.05, 4.69) is 27.5 Å². The zero-order chi connectivity index (χ0) is 17.4. The van der Waals surface area contributed by atoms with Crippen LogP contribution in [0.15, 0.2) is 10.4 Å². The molecule has 1 aromatic heterocycles. The van der Waals surface area contributed by atoms with Gasteiger partial charge in [0.05, 0.1) is 17.3 Å². The number of rotatable bonds is 5. The molecule has 0 unspecified atom stereocenters. The molecule has 7 nitrogen and oxygen atoms in total. The Balaban J connectivity index is 1.86. The second kappa shape index (κ2) is 9.46.